The van der Waals surface area contributed by atoms with E-state index in [0.717, 1.165) is 0 Å². The number of pyridine rings is 1. The summed E-state index contributed by atoms with van der Waals surface area (Å²) in [6.45, 7) is 3.01. The van der Waals surface area contributed by atoms with Crippen LogP contribution in [0.15, 0.2) is 63.7 Å². The quantitative estimate of drug-likeness (QED) is 0.454. The second-order valence-corrected chi connectivity index (χ2v) is 6.84. The third-order valence-electron chi connectivity index (χ3n) is 4.53. The summed E-state index contributed by atoms with van der Waals surface area (Å²) in [7, 11) is 0. The van der Waals surface area contributed by atoms with Crippen LogP contribution in [0, 0.1) is 6.92 Å². The lowest BCUT2D eigenvalue weighted by molar-refractivity contribution is -0.127. The highest BCUT2D eigenvalue weighted by Gasteiger charge is 2.25. The van der Waals surface area contributed by atoms with Crippen LogP contribution < -0.4 is 10.6 Å². The average Bonchev–Trinajstić information content (AvgIpc) is 3.44. The van der Waals surface area contributed by atoms with Crippen LogP contribution in [0.5, 0.6) is 0 Å². The molecule has 0 spiro atoms. The lowest BCUT2D eigenvalue weighted by atomic mass is 10.1. The summed E-state index contributed by atoms with van der Waals surface area (Å²) in [5.41, 5.74) is 1.51. The number of fused-ring (bicyclic) bond motifs is 1. The Labute approximate surface area is 181 Å². The predicted molar refractivity (Wildman–Crippen MR) is 113 cm³/mol. The minimum Gasteiger partial charge on any atom is -0.463 e. The third-order valence-corrected chi connectivity index (χ3v) is 4.53. The van der Waals surface area contributed by atoms with Gasteiger partial charge >= 0.3 is 12.0 Å². The number of anilines is 1. The van der Waals surface area contributed by atoms with E-state index in [9.17, 15) is 14.4 Å². The monoisotopic (exact) mass is 434 g/mol. The predicted octanol–water partition coefficient (Wildman–Crippen LogP) is 3.68. The van der Waals surface area contributed by atoms with Gasteiger partial charge in [0.25, 0.3) is 11.6 Å². The van der Waals surface area contributed by atoms with Gasteiger partial charge in [0.1, 0.15) is 5.69 Å². The van der Waals surface area contributed by atoms with Gasteiger partial charge in [0.15, 0.2) is 11.9 Å². The number of nitrogens with one attached hydrogen (secondary N) is 2. The molecule has 0 aliphatic heterocycles. The normalized spacial score (nSPS) is 11.7. The van der Waals surface area contributed by atoms with Crippen molar-refractivity contribution in [3.63, 3.8) is 0 Å². The number of aromatic nitrogens is 2. The zero-order valence-electron chi connectivity index (χ0n) is 17.1. The Morgan fingerprint density at radius 1 is 1.09 bits per heavy atom. The number of amides is 3. The van der Waals surface area contributed by atoms with Gasteiger partial charge in [0.05, 0.1) is 22.9 Å². The molecule has 32 heavy (non-hydrogen) atoms. The van der Waals surface area contributed by atoms with E-state index in [1.54, 1.807) is 49.4 Å². The molecule has 0 fully saturated rings. The molecule has 1 aromatic carbocycles. The Balaban J connectivity index is 1.50. The molecule has 3 heterocycles. The molecule has 1 unspecified atom stereocenters. The van der Waals surface area contributed by atoms with Gasteiger partial charge in [0, 0.05) is 5.69 Å². The number of furan rings is 1. The first-order valence-electron chi connectivity index (χ1n) is 9.61. The lowest BCUT2D eigenvalue weighted by Crippen LogP contribution is -2.41. The third kappa shape index (κ3) is 4.33. The molecule has 1 atom stereocenters. The molecule has 10 heteroatoms. The molecule has 2 N–H and O–H groups in total. The zero-order chi connectivity index (χ0) is 22.7. The number of urea groups is 1. The Bertz CT molecular complexity index is 1280. The number of carbonyl (C=O) groups excluding carboxylic acids is 3. The lowest BCUT2D eigenvalue weighted by Gasteiger charge is -2.14. The van der Waals surface area contributed by atoms with Gasteiger partial charge in [-0.2, -0.15) is 0 Å². The number of hydrogen-bond donors (Lipinski definition) is 2. The van der Waals surface area contributed by atoms with Crippen LogP contribution in [0.2, 0.25) is 0 Å². The molecule has 3 aromatic heterocycles. The highest BCUT2D eigenvalue weighted by molar-refractivity contribution is 6.06. The van der Waals surface area contributed by atoms with Crippen LogP contribution in [-0.2, 0) is 9.53 Å². The number of hydrogen-bond acceptors (Lipinski definition) is 8. The van der Waals surface area contributed by atoms with Crippen LogP contribution in [-0.4, -0.2) is 34.2 Å². The summed E-state index contributed by atoms with van der Waals surface area (Å²) in [5, 5.41) is 8.86. The van der Waals surface area contributed by atoms with Crippen molar-refractivity contribution in [1.82, 2.24) is 15.5 Å². The van der Waals surface area contributed by atoms with Crippen molar-refractivity contribution in [3.8, 4) is 11.5 Å². The number of aryl methyl sites for hydroxylation is 1. The molecule has 0 radical (unpaired) electrons. The van der Waals surface area contributed by atoms with Gasteiger partial charge in [0.2, 0.25) is 0 Å². The first-order chi connectivity index (χ1) is 15.4. The molecular formula is C22H18N4O6. The van der Waals surface area contributed by atoms with E-state index in [1.165, 1.54) is 19.3 Å². The van der Waals surface area contributed by atoms with Gasteiger partial charge in [-0.05, 0) is 44.2 Å². The first kappa shape index (κ1) is 20.8. The van der Waals surface area contributed by atoms with E-state index in [1.807, 2.05) is 0 Å². The van der Waals surface area contributed by atoms with Crippen molar-refractivity contribution in [2.24, 2.45) is 0 Å². The van der Waals surface area contributed by atoms with E-state index >= 15 is 0 Å². The minimum atomic E-state index is -1.25. The zero-order valence-corrected chi connectivity index (χ0v) is 17.1. The number of rotatable bonds is 5. The van der Waals surface area contributed by atoms with Gasteiger partial charge in [-0.1, -0.05) is 23.4 Å². The maximum Gasteiger partial charge on any atom is 0.339 e. The number of nitrogens with zero attached hydrogens (tertiary/aromatic N) is 2. The summed E-state index contributed by atoms with van der Waals surface area (Å²) in [6, 6.07) is 12.7. The maximum atomic E-state index is 12.9. The van der Waals surface area contributed by atoms with Gasteiger partial charge in [-0.3, -0.25) is 10.1 Å². The maximum absolute atomic E-state index is 12.9. The number of benzene rings is 1. The van der Waals surface area contributed by atoms with Gasteiger partial charge in [-0.25, -0.2) is 14.6 Å². The molecule has 0 saturated heterocycles. The van der Waals surface area contributed by atoms with Crippen LogP contribution in [0.4, 0.5) is 10.5 Å². The second kappa shape index (κ2) is 8.72. The Kier molecular flexibility index (Phi) is 5.67. The van der Waals surface area contributed by atoms with Crippen molar-refractivity contribution in [3.05, 3.63) is 66.1 Å². The number of ether oxygens (including phenoxy) is 1. The molecule has 0 aliphatic rings. The van der Waals surface area contributed by atoms with Crippen LogP contribution in [0.25, 0.3) is 22.6 Å². The average molecular weight is 434 g/mol. The highest BCUT2D eigenvalue weighted by atomic mass is 16.5. The number of imide groups is 1. The van der Waals surface area contributed by atoms with Crippen LogP contribution >= 0.6 is 0 Å². The molecule has 4 aromatic rings. The van der Waals surface area contributed by atoms with Crippen molar-refractivity contribution < 1.29 is 28.1 Å². The fourth-order valence-corrected chi connectivity index (χ4v) is 2.98. The summed E-state index contributed by atoms with van der Waals surface area (Å²) in [4.78, 5) is 41.6. The topological polar surface area (TPSA) is 137 Å². The largest absolute Gasteiger partial charge is 0.463 e. The number of para-hydroxylation sites is 1. The molecule has 0 saturated carbocycles. The van der Waals surface area contributed by atoms with Crippen molar-refractivity contribution in [1.29, 1.82) is 0 Å². The van der Waals surface area contributed by atoms with Crippen LogP contribution in [0.3, 0.4) is 0 Å². The summed E-state index contributed by atoms with van der Waals surface area (Å²) >= 11 is 0. The number of esters is 1. The molecular weight excluding hydrogens is 416 g/mol. The highest BCUT2D eigenvalue weighted by Crippen LogP contribution is 2.28. The molecule has 3 amide bonds. The Hall–Kier alpha value is -4.47. The molecule has 162 valence electrons. The fraction of sp³-hybridized carbons (Fsp3) is 0.136. The summed E-state index contributed by atoms with van der Waals surface area (Å²) in [5.74, 6) is -1.17. The molecule has 10 nitrogen and oxygen atoms in total. The fourth-order valence-electron chi connectivity index (χ4n) is 2.98. The Morgan fingerprint density at radius 2 is 1.88 bits per heavy atom. The van der Waals surface area contributed by atoms with E-state index in [0.29, 0.717) is 28.2 Å². The molecule has 0 bridgehead atoms. The summed E-state index contributed by atoms with van der Waals surface area (Å²) in [6.07, 6.45) is 0.219. The van der Waals surface area contributed by atoms with E-state index < -0.39 is 24.0 Å². The second-order valence-electron chi connectivity index (χ2n) is 6.84. The Morgan fingerprint density at radius 3 is 2.59 bits per heavy atom. The summed E-state index contributed by atoms with van der Waals surface area (Å²) < 4.78 is 15.8. The first-order valence-corrected chi connectivity index (χ1v) is 9.61. The standard InChI is InChI=1S/C22H18N4O6/c1-12-18-15(11-16(17-9-6-10-30-17)24-20(18)32-26-12)21(28)31-13(2)19(27)25-22(29)23-14-7-4-3-5-8-14/h3-11,13H,1-2H3,(H2,23,25,27,29). The molecule has 4 rings (SSSR count). The van der Waals surface area contributed by atoms with Gasteiger partial charge in [-0.15, -0.1) is 0 Å². The minimum absolute atomic E-state index is 0.105. The van der Waals surface area contributed by atoms with Gasteiger partial charge < -0.3 is 19.0 Å². The smallest absolute Gasteiger partial charge is 0.339 e. The molecule has 0 aliphatic carbocycles. The van der Waals surface area contributed by atoms with Crippen LogP contribution in [0.1, 0.15) is 23.0 Å². The van der Waals surface area contributed by atoms with Crippen molar-refractivity contribution in [2.75, 3.05) is 5.32 Å². The van der Waals surface area contributed by atoms with Crippen molar-refractivity contribution in [2.45, 2.75) is 20.0 Å². The van der Waals surface area contributed by atoms with E-state index in [2.05, 4.69) is 20.8 Å². The van der Waals surface area contributed by atoms with E-state index in [4.69, 9.17) is 13.7 Å². The SMILES string of the molecule is Cc1noc2nc(-c3ccco3)cc(C(=O)OC(C)C(=O)NC(=O)Nc3ccccc3)c12. The number of carbonyl (C=O) groups is 3. The van der Waals surface area contributed by atoms with E-state index in [-0.39, 0.29) is 11.3 Å². The van der Waals surface area contributed by atoms with Crippen molar-refractivity contribution >= 4 is 34.7 Å².